The summed E-state index contributed by atoms with van der Waals surface area (Å²) in [4.78, 5) is 96.3. The molecule has 19 nitrogen and oxygen atoms in total. The minimum absolute atomic E-state index is 0.590. The molecular weight excluding hydrogens is 640 g/mol. The topological polar surface area (TPSA) is 238 Å². The van der Waals surface area contributed by atoms with Crippen LogP contribution in [0.5, 0.6) is 0 Å². The molecule has 2 saturated heterocycles. The lowest BCUT2D eigenvalue weighted by molar-refractivity contribution is -0.357. The van der Waals surface area contributed by atoms with Crippen molar-refractivity contribution in [3.63, 3.8) is 0 Å². The van der Waals surface area contributed by atoms with Crippen LogP contribution in [0.1, 0.15) is 55.4 Å². The normalized spacial score (nSPS) is 30.0. The summed E-state index contributed by atoms with van der Waals surface area (Å²) in [5, 5.41) is 0. The largest absolute Gasteiger partial charge is 0.463 e. The summed E-state index contributed by atoms with van der Waals surface area (Å²) in [5.74, 6) is -7.02. The van der Waals surface area contributed by atoms with Crippen LogP contribution in [0.25, 0.3) is 0 Å². The first kappa shape index (κ1) is 38.8. The van der Waals surface area contributed by atoms with Gasteiger partial charge in [-0.3, -0.25) is 38.4 Å². The zero-order valence-corrected chi connectivity index (χ0v) is 26.9. The molecule has 0 N–H and O–H groups in total. The van der Waals surface area contributed by atoms with E-state index >= 15 is 0 Å². The Morgan fingerprint density at radius 1 is 0.383 bits per heavy atom. The molecule has 2 rings (SSSR count). The van der Waals surface area contributed by atoms with Gasteiger partial charge in [0.2, 0.25) is 12.4 Å². The van der Waals surface area contributed by atoms with Gasteiger partial charge in [0.25, 0.3) is 0 Å². The Kier molecular flexibility index (Phi) is 14.5. The molecule has 2 heterocycles. The summed E-state index contributed by atoms with van der Waals surface area (Å²) in [5.41, 5.74) is 0. The SMILES string of the molecule is CC(=O)OC[C@H]1O[C@H](O[C@H]2[C@H](OC(C)=O)[C@@H](OC(C)=O)[C@H](OC(C)=O)O[C@@H]2COC(C)=O)[C@H](OC(C)=O)[C@@H](OC(C)=O)[C@H]1OC(C)=O. The first-order valence-electron chi connectivity index (χ1n) is 14.2. The van der Waals surface area contributed by atoms with Crippen molar-refractivity contribution < 1.29 is 90.5 Å². The fourth-order valence-electron chi connectivity index (χ4n) is 4.73. The molecule has 10 atom stereocenters. The number of carbonyl (C=O) groups excluding carboxylic acids is 8. The highest BCUT2D eigenvalue weighted by atomic mass is 16.8. The minimum Gasteiger partial charge on any atom is -0.463 e. The molecule has 47 heavy (non-hydrogen) atoms. The maximum Gasteiger partial charge on any atom is 0.305 e. The predicted molar refractivity (Wildman–Crippen MR) is 145 cm³/mol. The third kappa shape index (κ3) is 12.1. The van der Waals surface area contributed by atoms with Crippen molar-refractivity contribution in [3.05, 3.63) is 0 Å². The van der Waals surface area contributed by atoms with Crippen molar-refractivity contribution in [2.75, 3.05) is 13.2 Å². The van der Waals surface area contributed by atoms with Crippen LogP contribution >= 0.6 is 0 Å². The summed E-state index contributed by atoms with van der Waals surface area (Å²) in [7, 11) is 0. The van der Waals surface area contributed by atoms with E-state index in [-0.39, 0.29) is 0 Å². The summed E-state index contributed by atoms with van der Waals surface area (Å²) < 4.78 is 60.2. The van der Waals surface area contributed by atoms with Gasteiger partial charge in [-0.15, -0.1) is 0 Å². The predicted octanol–water partition coefficient (Wildman–Crippen LogP) is -0.831. The molecule has 0 saturated carbocycles. The minimum atomic E-state index is -1.83. The molecule has 0 bridgehead atoms. The van der Waals surface area contributed by atoms with Crippen LogP contribution in [0.2, 0.25) is 0 Å². The van der Waals surface area contributed by atoms with Gasteiger partial charge in [-0.2, -0.15) is 0 Å². The molecular formula is C28H38O19. The molecule has 0 aromatic carbocycles. The summed E-state index contributed by atoms with van der Waals surface area (Å²) in [6.45, 7) is 7.05. The third-order valence-electron chi connectivity index (χ3n) is 6.17. The number of hydrogen-bond acceptors (Lipinski definition) is 19. The van der Waals surface area contributed by atoms with E-state index < -0.39 is 122 Å². The number of rotatable bonds is 12. The lowest BCUT2D eigenvalue weighted by atomic mass is 9.96. The number of hydrogen-bond donors (Lipinski definition) is 0. The Labute approximate surface area is 268 Å². The number of carbonyl (C=O) groups is 8. The molecule has 0 spiro atoms. The molecule has 2 aliphatic rings. The van der Waals surface area contributed by atoms with Crippen LogP contribution in [0.4, 0.5) is 0 Å². The molecule has 264 valence electrons. The van der Waals surface area contributed by atoms with Crippen molar-refractivity contribution in [1.29, 1.82) is 0 Å². The van der Waals surface area contributed by atoms with Crippen LogP contribution in [0.3, 0.4) is 0 Å². The fourth-order valence-corrected chi connectivity index (χ4v) is 4.73. The van der Waals surface area contributed by atoms with Crippen LogP contribution in [-0.2, 0) is 90.5 Å². The quantitative estimate of drug-likeness (QED) is 0.181. The summed E-state index contributed by atoms with van der Waals surface area (Å²) in [6, 6.07) is 0. The Morgan fingerprint density at radius 2 is 0.702 bits per heavy atom. The molecule has 0 aliphatic carbocycles. The maximum absolute atomic E-state index is 12.3. The van der Waals surface area contributed by atoms with Gasteiger partial charge < -0.3 is 52.1 Å². The third-order valence-corrected chi connectivity index (χ3v) is 6.17. The van der Waals surface area contributed by atoms with E-state index in [2.05, 4.69) is 0 Å². The Balaban J connectivity index is 2.73. The summed E-state index contributed by atoms with van der Waals surface area (Å²) >= 11 is 0. The molecule has 0 unspecified atom stereocenters. The van der Waals surface area contributed by atoms with Gasteiger partial charge in [0.05, 0.1) is 0 Å². The fraction of sp³-hybridized carbons (Fsp3) is 0.714. The van der Waals surface area contributed by atoms with Gasteiger partial charge >= 0.3 is 47.8 Å². The second-order valence-corrected chi connectivity index (χ2v) is 10.3. The van der Waals surface area contributed by atoms with Gasteiger partial charge in [0.1, 0.15) is 31.5 Å². The zero-order valence-electron chi connectivity index (χ0n) is 26.9. The van der Waals surface area contributed by atoms with Gasteiger partial charge in [-0.1, -0.05) is 0 Å². The van der Waals surface area contributed by atoms with Gasteiger partial charge in [0.15, 0.2) is 30.7 Å². The molecule has 2 aliphatic heterocycles. The van der Waals surface area contributed by atoms with Gasteiger partial charge in [-0.25, -0.2) is 0 Å². The van der Waals surface area contributed by atoms with Crippen LogP contribution in [0.15, 0.2) is 0 Å². The van der Waals surface area contributed by atoms with E-state index in [1.165, 1.54) is 0 Å². The smallest absolute Gasteiger partial charge is 0.305 e. The van der Waals surface area contributed by atoms with Crippen molar-refractivity contribution >= 4 is 47.8 Å². The van der Waals surface area contributed by atoms with Crippen LogP contribution in [-0.4, -0.2) is 122 Å². The second-order valence-electron chi connectivity index (χ2n) is 10.3. The highest BCUT2D eigenvalue weighted by molar-refractivity contribution is 5.70. The Hall–Kier alpha value is -4.36. The number of esters is 8. The van der Waals surface area contributed by atoms with Crippen LogP contribution in [0, 0.1) is 0 Å². The molecule has 19 heteroatoms. The van der Waals surface area contributed by atoms with Crippen molar-refractivity contribution in [1.82, 2.24) is 0 Å². The first-order valence-corrected chi connectivity index (χ1v) is 14.2. The van der Waals surface area contributed by atoms with E-state index in [1.54, 1.807) is 0 Å². The van der Waals surface area contributed by atoms with Crippen molar-refractivity contribution in [2.24, 2.45) is 0 Å². The van der Waals surface area contributed by atoms with Crippen molar-refractivity contribution in [3.8, 4) is 0 Å². The van der Waals surface area contributed by atoms with Crippen molar-refractivity contribution in [2.45, 2.75) is 117 Å². The van der Waals surface area contributed by atoms with E-state index in [9.17, 15) is 38.4 Å². The lowest BCUT2D eigenvalue weighted by Gasteiger charge is -2.48. The number of ether oxygens (including phenoxy) is 11. The molecule has 0 radical (unpaired) electrons. The molecule has 0 aromatic rings. The van der Waals surface area contributed by atoms with E-state index in [4.69, 9.17) is 52.1 Å². The Bertz CT molecular complexity index is 1200. The average molecular weight is 679 g/mol. The average Bonchev–Trinajstić information content (AvgIpc) is 2.91. The highest BCUT2D eigenvalue weighted by Gasteiger charge is 2.58. The first-order chi connectivity index (χ1) is 21.9. The molecule has 0 aromatic heterocycles. The standard InChI is InChI=1S/C28H38O19/c1-11(29)37-9-19-21(39-13(3)31)23(40-14(4)32)26(43-17(7)35)28(46-19)47-22-20(10-38-12(2)30)45-27(44-18(8)36)25(42-16(6)34)24(22)41-15(5)33/h19-28H,9-10H2,1-8H3/t19-,20-,21+,22-,23+,24+,25-,26-,27-,28-/m1/s1. The second kappa shape index (κ2) is 17.5. The van der Waals surface area contributed by atoms with E-state index in [1.807, 2.05) is 0 Å². The highest BCUT2D eigenvalue weighted by Crippen LogP contribution is 2.35. The maximum atomic E-state index is 12.3. The van der Waals surface area contributed by atoms with E-state index in [0.717, 1.165) is 55.4 Å². The van der Waals surface area contributed by atoms with Gasteiger partial charge in [-0.05, 0) is 0 Å². The monoisotopic (exact) mass is 678 g/mol. The van der Waals surface area contributed by atoms with Crippen LogP contribution < -0.4 is 0 Å². The lowest BCUT2D eigenvalue weighted by Crippen LogP contribution is -2.67. The van der Waals surface area contributed by atoms with E-state index in [0.29, 0.717) is 0 Å². The molecule has 0 amide bonds. The zero-order chi connectivity index (χ0) is 35.6. The Morgan fingerprint density at radius 3 is 1.11 bits per heavy atom. The van der Waals surface area contributed by atoms with Gasteiger partial charge in [0, 0.05) is 55.4 Å². The summed E-state index contributed by atoms with van der Waals surface area (Å²) in [6.07, 6.45) is -16.3. The molecule has 2 fully saturated rings.